The fourth-order valence-electron chi connectivity index (χ4n) is 1.68. The molecule has 0 aliphatic heterocycles. The first-order chi connectivity index (χ1) is 9.26. The average molecular weight is 376 g/mol. The predicted molar refractivity (Wildman–Crippen MR) is 89.7 cm³/mol. The quantitative estimate of drug-likeness (QED) is 0.316. The van der Waals surface area contributed by atoms with Gasteiger partial charge in [-0.15, -0.1) is 0 Å². The van der Waals surface area contributed by atoms with Crippen LogP contribution in [-0.4, -0.2) is 17.1 Å². The number of hydrogen-bond acceptors (Lipinski definition) is 2. The minimum atomic E-state index is 0.707. The number of alkyl halides is 1. The molecule has 108 valence electrons. The number of ether oxygens (including phenoxy) is 2. The van der Waals surface area contributed by atoms with E-state index >= 15 is 0 Å². The molecular formula is C16H25IO2. The van der Waals surface area contributed by atoms with E-state index in [2.05, 4.69) is 36.4 Å². The van der Waals surface area contributed by atoms with Crippen molar-refractivity contribution in [2.75, 3.05) is 13.2 Å². The van der Waals surface area contributed by atoms with Gasteiger partial charge in [-0.05, 0) is 43.5 Å². The summed E-state index contributed by atoms with van der Waals surface area (Å²) in [7, 11) is 0. The van der Waals surface area contributed by atoms with Gasteiger partial charge in [-0.3, -0.25) is 0 Å². The van der Waals surface area contributed by atoms with Crippen LogP contribution in [-0.2, 0) is 0 Å². The summed E-state index contributed by atoms with van der Waals surface area (Å²) in [6, 6.07) is 7.96. The van der Waals surface area contributed by atoms with E-state index in [1.54, 1.807) is 0 Å². The highest BCUT2D eigenvalue weighted by molar-refractivity contribution is 14.1. The Bertz CT molecular complexity index is 324. The Balaban J connectivity index is 2.23. The molecular weight excluding hydrogens is 351 g/mol. The van der Waals surface area contributed by atoms with Gasteiger partial charge in [-0.1, -0.05) is 49.3 Å². The molecule has 0 aliphatic carbocycles. The van der Waals surface area contributed by atoms with E-state index in [0.717, 1.165) is 37.6 Å². The molecule has 2 nitrogen and oxygen atoms in total. The Morgan fingerprint density at radius 2 is 1.53 bits per heavy atom. The summed E-state index contributed by atoms with van der Waals surface area (Å²) in [6.45, 7) is 6.01. The molecule has 19 heavy (non-hydrogen) atoms. The first-order valence-corrected chi connectivity index (χ1v) is 8.50. The number of unbranched alkanes of at least 4 members (excludes halogenated alkanes) is 2. The first kappa shape index (κ1) is 16.6. The van der Waals surface area contributed by atoms with Gasteiger partial charge in [0.1, 0.15) is 11.5 Å². The molecule has 1 aromatic carbocycles. The zero-order valence-electron chi connectivity index (χ0n) is 12.0. The van der Waals surface area contributed by atoms with Gasteiger partial charge in [0, 0.05) is 3.92 Å². The maximum Gasteiger partial charge on any atom is 0.119 e. The van der Waals surface area contributed by atoms with Crippen molar-refractivity contribution in [2.45, 2.75) is 49.9 Å². The molecule has 0 spiro atoms. The molecule has 0 radical (unpaired) electrons. The van der Waals surface area contributed by atoms with Crippen LogP contribution >= 0.6 is 22.6 Å². The van der Waals surface area contributed by atoms with Crippen LogP contribution in [0.3, 0.4) is 0 Å². The van der Waals surface area contributed by atoms with Crippen LogP contribution in [0, 0.1) is 0 Å². The van der Waals surface area contributed by atoms with Crippen LogP contribution in [0.25, 0.3) is 0 Å². The predicted octanol–water partition coefficient (Wildman–Crippen LogP) is 5.24. The summed E-state index contributed by atoms with van der Waals surface area (Å²) in [5.74, 6) is 1.87. The summed E-state index contributed by atoms with van der Waals surface area (Å²) < 4.78 is 12.1. The fourth-order valence-corrected chi connectivity index (χ4v) is 1.94. The topological polar surface area (TPSA) is 18.5 Å². The third-order valence-corrected chi connectivity index (χ3v) is 4.49. The largest absolute Gasteiger partial charge is 0.494 e. The molecule has 0 aliphatic rings. The Morgan fingerprint density at radius 1 is 0.947 bits per heavy atom. The number of rotatable bonds is 10. The Morgan fingerprint density at radius 3 is 2.05 bits per heavy atom. The maximum atomic E-state index is 5.72. The van der Waals surface area contributed by atoms with Gasteiger partial charge >= 0.3 is 0 Å². The molecule has 0 N–H and O–H groups in total. The summed E-state index contributed by atoms with van der Waals surface area (Å²) >= 11 is 2.48. The second kappa shape index (κ2) is 10.4. The minimum absolute atomic E-state index is 0.707. The van der Waals surface area contributed by atoms with Gasteiger partial charge < -0.3 is 9.47 Å². The van der Waals surface area contributed by atoms with Crippen molar-refractivity contribution < 1.29 is 9.47 Å². The summed E-state index contributed by atoms with van der Waals surface area (Å²) in [6.07, 6.45) is 5.89. The van der Waals surface area contributed by atoms with Crippen LogP contribution in [0.5, 0.6) is 11.5 Å². The molecule has 3 heteroatoms. The third-order valence-electron chi connectivity index (χ3n) is 2.98. The number of halogens is 1. The van der Waals surface area contributed by atoms with E-state index in [1.807, 2.05) is 24.3 Å². The van der Waals surface area contributed by atoms with Crippen LogP contribution in [0.1, 0.15) is 46.0 Å². The van der Waals surface area contributed by atoms with Crippen LogP contribution in [0.2, 0.25) is 0 Å². The lowest BCUT2D eigenvalue weighted by atomic mass is 10.2. The standard InChI is InChI=1S/C16H25IO2/c1-3-5-6-12-18-15-7-9-16(10-8-15)19-13-11-14(17)4-2/h7-10,14H,3-6,11-13H2,1-2H3. The van der Waals surface area contributed by atoms with Crippen molar-refractivity contribution in [1.29, 1.82) is 0 Å². The van der Waals surface area contributed by atoms with E-state index in [-0.39, 0.29) is 0 Å². The van der Waals surface area contributed by atoms with Crippen molar-refractivity contribution in [2.24, 2.45) is 0 Å². The maximum absolute atomic E-state index is 5.72. The minimum Gasteiger partial charge on any atom is -0.494 e. The van der Waals surface area contributed by atoms with Crippen LogP contribution in [0.15, 0.2) is 24.3 Å². The molecule has 1 unspecified atom stereocenters. The SMILES string of the molecule is CCCCCOc1ccc(OCCC(I)CC)cc1. The lowest BCUT2D eigenvalue weighted by Gasteiger charge is -2.10. The lowest BCUT2D eigenvalue weighted by Crippen LogP contribution is -2.04. The molecule has 0 saturated carbocycles. The smallest absolute Gasteiger partial charge is 0.119 e. The van der Waals surface area contributed by atoms with Gasteiger partial charge in [0.25, 0.3) is 0 Å². The zero-order valence-corrected chi connectivity index (χ0v) is 14.2. The van der Waals surface area contributed by atoms with E-state index in [4.69, 9.17) is 9.47 Å². The highest BCUT2D eigenvalue weighted by Gasteiger charge is 2.01. The van der Waals surface area contributed by atoms with Gasteiger partial charge in [0.15, 0.2) is 0 Å². The van der Waals surface area contributed by atoms with Gasteiger partial charge in [0.2, 0.25) is 0 Å². The molecule has 1 rings (SSSR count). The van der Waals surface area contributed by atoms with Crippen molar-refractivity contribution in [1.82, 2.24) is 0 Å². The van der Waals surface area contributed by atoms with Crippen molar-refractivity contribution in [3.63, 3.8) is 0 Å². The normalized spacial score (nSPS) is 12.2. The molecule has 0 heterocycles. The first-order valence-electron chi connectivity index (χ1n) is 7.26. The van der Waals surface area contributed by atoms with Gasteiger partial charge in [0.05, 0.1) is 13.2 Å². The van der Waals surface area contributed by atoms with Gasteiger partial charge in [-0.25, -0.2) is 0 Å². The molecule has 0 bridgehead atoms. The second-order valence-electron chi connectivity index (χ2n) is 4.67. The zero-order chi connectivity index (χ0) is 13.9. The monoisotopic (exact) mass is 376 g/mol. The third kappa shape index (κ3) is 7.65. The molecule has 0 aromatic heterocycles. The molecule has 1 aromatic rings. The number of benzene rings is 1. The molecule has 0 amide bonds. The number of hydrogen-bond donors (Lipinski definition) is 0. The van der Waals surface area contributed by atoms with E-state index < -0.39 is 0 Å². The fraction of sp³-hybridized carbons (Fsp3) is 0.625. The van der Waals surface area contributed by atoms with Crippen molar-refractivity contribution in [3.8, 4) is 11.5 Å². The van der Waals surface area contributed by atoms with Crippen molar-refractivity contribution in [3.05, 3.63) is 24.3 Å². The molecule has 0 fully saturated rings. The Kier molecular flexibility index (Phi) is 9.05. The van der Waals surface area contributed by atoms with Crippen LogP contribution < -0.4 is 9.47 Å². The summed E-state index contributed by atoms with van der Waals surface area (Å²) in [5, 5.41) is 0. The molecule has 1 atom stereocenters. The summed E-state index contributed by atoms with van der Waals surface area (Å²) in [5.41, 5.74) is 0. The average Bonchev–Trinajstić information content (AvgIpc) is 2.45. The lowest BCUT2D eigenvalue weighted by molar-refractivity contribution is 0.299. The highest BCUT2D eigenvalue weighted by Crippen LogP contribution is 2.19. The van der Waals surface area contributed by atoms with E-state index in [1.165, 1.54) is 19.3 Å². The Hall–Kier alpha value is -0.450. The van der Waals surface area contributed by atoms with Crippen molar-refractivity contribution >= 4 is 22.6 Å². The van der Waals surface area contributed by atoms with E-state index in [9.17, 15) is 0 Å². The second-order valence-corrected chi connectivity index (χ2v) is 6.43. The van der Waals surface area contributed by atoms with E-state index in [0.29, 0.717) is 3.92 Å². The van der Waals surface area contributed by atoms with Gasteiger partial charge in [-0.2, -0.15) is 0 Å². The molecule has 0 saturated heterocycles. The summed E-state index contributed by atoms with van der Waals surface area (Å²) in [4.78, 5) is 0. The highest BCUT2D eigenvalue weighted by atomic mass is 127. The van der Waals surface area contributed by atoms with Crippen LogP contribution in [0.4, 0.5) is 0 Å². The Labute approximate surface area is 131 Å².